The average molecular weight is 163 g/mol. The Morgan fingerprint density at radius 1 is 1.42 bits per heavy atom. The van der Waals surface area contributed by atoms with E-state index in [9.17, 15) is 10.1 Å². The van der Waals surface area contributed by atoms with E-state index in [4.69, 9.17) is 0 Å². The van der Waals surface area contributed by atoms with E-state index in [1.54, 1.807) is 6.08 Å². The molecule has 0 unspecified atom stereocenters. The van der Waals surface area contributed by atoms with Gasteiger partial charge in [-0.2, -0.15) is 0 Å². The summed E-state index contributed by atoms with van der Waals surface area (Å²) in [6.45, 7) is 1.48. The van der Waals surface area contributed by atoms with Crippen LogP contribution < -0.4 is 0 Å². The summed E-state index contributed by atoms with van der Waals surface area (Å²) in [4.78, 5) is 9.85. The third-order valence-electron chi connectivity index (χ3n) is 1.46. The van der Waals surface area contributed by atoms with Gasteiger partial charge in [-0.05, 0) is 5.56 Å². The molecular weight excluding hydrogens is 154 g/mol. The van der Waals surface area contributed by atoms with Crippen LogP contribution in [-0.4, -0.2) is 4.92 Å². The molecule has 0 aliphatic rings. The van der Waals surface area contributed by atoms with Gasteiger partial charge in [0.15, 0.2) is 0 Å². The maximum Gasteiger partial charge on any atom is 0.243 e. The van der Waals surface area contributed by atoms with Crippen LogP contribution in [0.15, 0.2) is 36.0 Å². The lowest BCUT2D eigenvalue weighted by molar-refractivity contribution is -0.422. The van der Waals surface area contributed by atoms with Gasteiger partial charge in [-0.1, -0.05) is 30.3 Å². The number of hydrogen-bond acceptors (Lipinski definition) is 2. The smallest absolute Gasteiger partial charge is 0.243 e. The lowest BCUT2D eigenvalue weighted by atomic mass is 10.2. The lowest BCUT2D eigenvalue weighted by Crippen LogP contribution is -1.92. The topological polar surface area (TPSA) is 43.1 Å². The number of allylic oxidation sites excluding steroid dienone is 1. The summed E-state index contributed by atoms with van der Waals surface area (Å²) in [7, 11) is 0. The molecule has 0 radical (unpaired) electrons. The molecule has 12 heavy (non-hydrogen) atoms. The van der Waals surface area contributed by atoms with Gasteiger partial charge in [0.25, 0.3) is 0 Å². The SMILES string of the molecule is C/C(=C\c1ccccc1)[N+](=O)[O-]. The maximum absolute atomic E-state index is 10.2. The number of hydrogen-bond donors (Lipinski definition) is 0. The highest BCUT2D eigenvalue weighted by Gasteiger charge is 2.00. The molecule has 0 aliphatic carbocycles. The average Bonchev–Trinajstić information content (AvgIpc) is 2.06. The van der Waals surface area contributed by atoms with Gasteiger partial charge in [-0.3, -0.25) is 10.1 Å². The van der Waals surface area contributed by atoms with Crippen LogP contribution in [0.3, 0.4) is 0 Å². The van der Waals surface area contributed by atoms with Crippen LogP contribution in [-0.2, 0) is 0 Å². The molecule has 1 rings (SSSR count). The predicted octanol–water partition coefficient (Wildman–Crippen LogP) is 2.32. The molecule has 0 amide bonds. The van der Waals surface area contributed by atoms with Gasteiger partial charge in [-0.15, -0.1) is 0 Å². The van der Waals surface area contributed by atoms with E-state index in [0.29, 0.717) is 0 Å². The zero-order valence-corrected chi connectivity index (χ0v) is 6.73. The summed E-state index contributed by atoms with van der Waals surface area (Å²) in [5.74, 6) is 0. The minimum absolute atomic E-state index is 0.154. The van der Waals surface area contributed by atoms with Crippen LogP contribution in [0.2, 0.25) is 0 Å². The fraction of sp³-hybridized carbons (Fsp3) is 0.111. The molecule has 3 nitrogen and oxygen atoms in total. The third kappa shape index (κ3) is 2.20. The first-order chi connectivity index (χ1) is 5.70. The number of nitrogens with zero attached hydrogens (tertiary/aromatic N) is 1. The van der Waals surface area contributed by atoms with Crippen molar-refractivity contribution in [2.24, 2.45) is 0 Å². The monoisotopic (exact) mass is 163 g/mol. The van der Waals surface area contributed by atoms with Crippen molar-refractivity contribution in [1.82, 2.24) is 0 Å². The minimum Gasteiger partial charge on any atom is -0.259 e. The van der Waals surface area contributed by atoms with E-state index < -0.39 is 4.92 Å². The van der Waals surface area contributed by atoms with Crippen LogP contribution >= 0.6 is 0 Å². The van der Waals surface area contributed by atoms with Gasteiger partial charge in [0.1, 0.15) is 0 Å². The van der Waals surface area contributed by atoms with Crippen LogP contribution in [0.5, 0.6) is 0 Å². The van der Waals surface area contributed by atoms with Crippen molar-refractivity contribution in [3.63, 3.8) is 0 Å². The summed E-state index contributed by atoms with van der Waals surface area (Å²) >= 11 is 0. The molecule has 1 aromatic carbocycles. The van der Waals surface area contributed by atoms with Gasteiger partial charge < -0.3 is 0 Å². The molecular formula is C9H9NO2. The van der Waals surface area contributed by atoms with Crippen molar-refractivity contribution in [2.45, 2.75) is 6.92 Å². The normalized spacial score (nSPS) is 11.2. The van der Waals surface area contributed by atoms with E-state index in [-0.39, 0.29) is 5.70 Å². The summed E-state index contributed by atoms with van der Waals surface area (Å²) in [6, 6.07) is 9.22. The van der Waals surface area contributed by atoms with Gasteiger partial charge in [0.2, 0.25) is 5.70 Å². The van der Waals surface area contributed by atoms with E-state index in [2.05, 4.69) is 0 Å². The van der Waals surface area contributed by atoms with Crippen LogP contribution in [0.1, 0.15) is 12.5 Å². The third-order valence-corrected chi connectivity index (χ3v) is 1.46. The summed E-state index contributed by atoms with van der Waals surface area (Å²) in [6.07, 6.45) is 1.54. The predicted molar refractivity (Wildman–Crippen MR) is 47.1 cm³/mol. The van der Waals surface area contributed by atoms with E-state index in [0.717, 1.165) is 5.56 Å². The van der Waals surface area contributed by atoms with E-state index in [1.807, 2.05) is 30.3 Å². The van der Waals surface area contributed by atoms with E-state index >= 15 is 0 Å². The number of benzene rings is 1. The van der Waals surface area contributed by atoms with Crippen molar-refractivity contribution < 1.29 is 4.92 Å². The Hall–Kier alpha value is -1.64. The molecule has 0 spiro atoms. The Bertz CT molecular complexity index is 304. The Balaban J connectivity index is 2.89. The summed E-state index contributed by atoms with van der Waals surface area (Å²) < 4.78 is 0. The Morgan fingerprint density at radius 2 is 2.00 bits per heavy atom. The van der Waals surface area contributed by atoms with Crippen molar-refractivity contribution in [3.8, 4) is 0 Å². The molecule has 0 atom stereocenters. The molecule has 3 heteroatoms. The summed E-state index contributed by atoms with van der Waals surface area (Å²) in [5.41, 5.74) is 1.01. The van der Waals surface area contributed by atoms with Gasteiger partial charge in [0, 0.05) is 13.0 Å². The van der Waals surface area contributed by atoms with Crippen LogP contribution in [0, 0.1) is 10.1 Å². The Labute approximate surface area is 70.5 Å². The first kappa shape index (κ1) is 8.46. The highest BCUT2D eigenvalue weighted by atomic mass is 16.6. The van der Waals surface area contributed by atoms with Crippen LogP contribution in [0.4, 0.5) is 0 Å². The molecule has 0 saturated carbocycles. The van der Waals surface area contributed by atoms with Crippen molar-refractivity contribution in [3.05, 3.63) is 51.7 Å². The van der Waals surface area contributed by atoms with E-state index in [1.165, 1.54) is 6.92 Å². The second-order valence-corrected chi connectivity index (χ2v) is 2.45. The van der Waals surface area contributed by atoms with Gasteiger partial charge in [0.05, 0.1) is 4.92 Å². The highest BCUT2D eigenvalue weighted by Crippen LogP contribution is 2.05. The minimum atomic E-state index is -0.396. The molecule has 0 aliphatic heterocycles. The zero-order chi connectivity index (χ0) is 8.97. The lowest BCUT2D eigenvalue weighted by Gasteiger charge is -1.91. The van der Waals surface area contributed by atoms with Crippen molar-refractivity contribution in [1.29, 1.82) is 0 Å². The van der Waals surface area contributed by atoms with Crippen molar-refractivity contribution >= 4 is 6.08 Å². The Kier molecular flexibility index (Phi) is 2.58. The number of rotatable bonds is 2. The van der Waals surface area contributed by atoms with Gasteiger partial charge in [-0.25, -0.2) is 0 Å². The van der Waals surface area contributed by atoms with Crippen molar-refractivity contribution in [2.75, 3.05) is 0 Å². The maximum atomic E-state index is 10.2. The molecule has 0 aromatic heterocycles. The molecule has 62 valence electrons. The second kappa shape index (κ2) is 3.67. The van der Waals surface area contributed by atoms with Gasteiger partial charge >= 0.3 is 0 Å². The molecule has 0 saturated heterocycles. The first-order valence-electron chi connectivity index (χ1n) is 3.58. The molecule has 0 bridgehead atoms. The van der Waals surface area contributed by atoms with Crippen LogP contribution in [0.25, 0.3) is 6.08 Å². The molecule has 0 heterocycles. The quantitative estimate of drug-likeness (QED) is 0.496. The fourth-order valence-electron chi connectivity index (χ4n) is 0.843. The standard InChI is InChI=1S/C9H9NO2/c1-8(10(11)12)7-9-5-3-2-4-6-9/h2-7H,1H3/b8-7+. The molecule has 0 N–H and O–H groups in total. The second-order valence-electron chi connectivity index (χ2n) is 2.45. The summed E-state index contributed by atoms with van der Waals surface area (Å²) in [5, 5.41) is 10.2. The first-order valence-corrected chi connectivity index (χ1v) is 3.58. The highest BCUT2D eigenvalue weighted by molar-refractivity contribution is 5.49. The zero-order valence-electron chi connectivity index (χ0n) is 6.73. The number of nitro groups is 1. The Morgan fingerprint density at radius 3 is 2.50 bits per heavy atom. The largest absolute Gasteiger partial charge is 0.259 e. The molecule has 0 fully saturated rings. The fourth-order valence-corrected chi connectivity index (χ4v) is 0.843. The molecule has 1 aromatic rings.